The lowest BCUT2D eigenvalue weighted by atomic mass is 9.82. The Morgan fingerprint density at radius 2 is 1.81 bits per heavy atom. The van der Waals surface area contributed by atoms with Crippen molar-refractivity contribution >= 4 is 0 Å². The van der Waals surface area contributed by atoms with Crippen LogP contribution < -0.4 is 5.32 Å². The van der Waals surface area contributed by atoms with Gasteiger partial charge in [0, 0.05) is 6.04 Å². The minimum atomic E-state index is 0.243. The third-order valence-electron chi connectivity index (χ3n) is 5.03. The second kappa shape index (κ2) is 6.96. The molecule has 1 saturated carbocycles. The third-order valence-corrected chi connectivity index (χ3v) is 5.03. The quantitative estimate of drug-likeness (QED) is 0.775. The summed E-state index contributed by atoms with van der Waals surface area (Å²) < 4.78 is 0. The van der Waals surface area contributed by atoms with Crippen molar-refractivity contribution in [3.8, 4) is 0 Å². The van der Waals surface area contributed by atoms with Crippen molar-refractivity contribution in [3.05, 3.63) is 35.4 Å². The summed E-state index contributed by atoms with van der Waals surface area (Å²) in [7, 11) is 0. The number of hydrogen-bond acceptors (Lipinski definition) is 1. The summed E-state index contributed by atoms with van der Waals surface area (Å²) in [6.07, 6.45) is 5.66. The summed E-state index contributed by atoms with van der Waals surface area (Å²) in [5.41, 5.74) is 3.07. The maximum atomic E-state index is 3.75. The molecule has 1 fully saturated rings. The summed E-state index contributed by atoms with van der Waals surface area (Å²) in [4.78, 5) is 0. The van der Waals surface area contributed by atoms with Gasteiger partial charge in [0.2, 0.25) is 0 Å². The molecule has 0 aromatic heterocycles. The predicted octanol–water partition coefficient (Wildman–Crippen LogP) is 5.46. The molecule has 1 aliphatic rings. The molecule has 1 aliphatic carbocycles. The zero-order valence-corrected chi connectivity index (χ0v) is 14.6. The minimum Gasteiger partial charge on any atom is -0.310 e. The van der Waals surface area contributed by atoms with Crippen molar-refractivity contribution in [1.82, 2.24) is 5.32 Å². The lowest BCUT2D eigenvalue weighted by molar-refractivity contribution is 0.268. The number of benzene rings is 1. The molecular weight excluding hydrogens is 254 g/mol. The van der Waals surface area contributed by atoms with Crippen LogP contribution in [0.1, 0.15) is 77.5 Å². The van der Waals surface area contributed by atoms with Crippen molar-refractivity contribution in [2.24, 2.45) is 11.8 Å². The molecule has 0 aliphatic heterocycles. The lowest BCUT2D eigenvalue weighted by Crippen LogP contribution is -2.28. The molecule has 0 bridgehead atoms. The van der Waals surface area contributed by atoms with E-state index in [-0.39, 0.29) is 5.41 Å². The first kappa shape index (κ1) is 16.5. The molecule has 1 N–H and O–H groups in total. The van der Waals surface area contributed by atoms with Crippen LogP contribution in [0.25, 0.3) is 0 Å². The van der Waals surface area contributed by atoms with Gasteiger partial charge < -0.3 is 5.32 Å². The molecule has 118 valence electrons. The predicted molar refractivity (Wildman–Crippen MR) is 92.7 cm³/mol. The number of hydrogen-bond donors (Lipinski definition) is 1. The van der Waals surface area contributed by atoms with Crippen molar-refractivity contribution in [3.63, 3.8) is 0 Å². The highest BCUT2D eigenvalue weighted by atomic mass is 14.9. The van der Waals surface area contributed by atoms with E-state index in [4.69, 9.17) is 0 Å². The average Bonchev–Trinajstić information content (AvgIpc) is 2.44. The summed E-state index contributed by atoms with van der Waals surface area (Å²) in [6, 6.07) is 9.62. The van der Waals surface area contributed by atoms with E-state index in [9.17, 15) is 0 Å². The van der Waals surface area contributed by atoms with Gasteiger partial charge in [0.1, 0.15) is 0 Å². The first-order valence-corrected chi connectivity index (χ1v) is 8.70. The molecule has 2 rings (SSSR count). The molecule has 1 aromatic rings. The molecule has 21 heavy (non-hydrogen) atoms. The van der Waals surface area contributed by atoms with Crippen LogP contribution in [-0.2, 0) is 5.41 Å². The standard InChI is InChI=1S/C20H33N/c1-15-7-6-8-17(13-15)14-21-16(2)18-9-11-19(12-10-18)20(3,4)5/h9-12,15-17,21H,6-8,13-14H2,1-5H3. The smallest absolute Gasteiger partial charge is 0.0291 e. The van der Waals surface area contributed by atoms with Crippen LogP contribution in [0.2, 0.25) is 0 Å². The molecule has 3 atom stereocenters. The summed E-state index contributed by atoms with van der Waals surface area (Å²) in [5.74, 6) is 1.80. The second-order valence-corrected chi connectivity index (χ2v) is 8.14. The van der Waals surface area contributed by atoms with E-state index in [1.165, 1.54) is 43.4 Å². The molecule has 0 saturated heterocycles. The summed E-state index contributed by atoms with van der Waals surface area (Å²) >= 11 is 0. The number of rotatable bonds is 4. The van der Waals surface area contributed by atoms with Crippen LogP contribution in [-0.4, -0.2) is 6.54 Å². The Balaban J connectivity index is 1.87. The normalized spacial score (nSPS) is 24.8. The van der Waals surface area contributed by atoms with Crippen molar-refractivity contribution in [2.75, 3.05) is 6.54 Å². The average molecular weight is 287 g/mol. The summed E-state index contributed by atoms with van der Waals surface area (Å²) in [5, 5.41) is 3.75. The first-order chi connectivity index (χ1) is 9.86. The summed E-state index contributed by atoms with van der Waals surface area (Å²) in [6.45, 7) is 12.7. The van der Waals surface area contributed by atoms with Crippen molar-refractivity contribution in [1.29, 1.82) is 0 Å². The maximum absolute atomic E-state index is 3.75. The van der Waals surface area contributed by atoms with Gasteiger partial charge in [-0.05, 0) is 54.7 Å². The molecular formula is C20H33N. The van der Waals surface area contributed by atoms with E-state index in [2.05, 4.69) is 64.2 Å². The highest BCUT2D eigenvalue weighted by Crippen LogP contribution is 2.29. The van der Waals surface area contributed by atoms with Crippen LogP contribution in [0.5, 0.6) is 0 Å². The van der Waals surface area contributed by atoms with E-state index in [0.29, 0.717) is 6.04 Å². The lowest BCUT2D eigenvalue weighted by Gasteiger charge is -2.28. The Hall–Kier alpha value is -0.820. The van der Waals surface area contributed by atoms with Gasteiger partial charge in [-0.15, -0.1) is 0 Å². The van der Waals surface area contributed by atoms with Crippen LogP contribution >= 0.6 is 0 Å². The second-order valence-electron chi connectivity index (χ2n) is 8.14. The highest BCUT2D eigenvalue weighted by Gasteiger charge is 2.19. The Morgan fingerprint density at radius 3 is 2.38 bits per heavy atom. The van der Waals surface area contributed by atoms with E-state index >= 15 is 0 Å². The molecule has 1 heteroatoms. The van der Waals surface area contributed by atoms with Gasteiger partial charge in [-0.1, -0.05) is 64.8 Å². The Kier molecular flexibility index (Phi) is 5.48. The Bertz CT molecular complexity index is 426. The van der Waals surface area contributed by atoms with E-state index in [1.54, 1.807) is 0 Å². The molecule has 1 nitrogen and oxygen atoms in total. The first-order valence-electron chi connectivity index (χ1n) is 8.70. The monoisotopic (exact) mass is 287 g/mol. The van der Waals surface area contributed by atoms with Crippen molar-refractivity contribution in [2.45, 2.75) is 71.8 Å². The highest BCUT2D eigenvalue weighted by molar-refractivity contribution is 5.29. The zero-order chi connectivity index (χ0) is 15.5. The van der Waals surface area contributed by atoms with Crippen LogP contribution in [0.4, 0.5) is 0 Å². The van der Waals surface area contributed by atoms with Gasteiger partial charge >= 0.3 is 0 Å². The van der Waals surface area contributed by atoms with E-state index < -0.39 is 0 Å². The molecule has 0 radical (unpaired) electrons. The van der Waals surface area contributed by atoms with Gasteiger partial charge in [0.05, 0.1) is 0 Å². The van der Waals surface area contributed by atoms with Gasteiger partial charge in [0.25, 0.3) is 0 Å². The van der Waals surface area contributed by atoms with Gasteiger partial charge in [-0.2, -0.15) is 0 Å². The molecule has 0 spiro atoms. The van der Waals surface area contributed by atoms with Gasteiger partial charge in [-0.3, -0.25) is 0 Å². The van der Waals surface area contributed by atoms with Gasteiger partial charge in [0.15, 0.2) is 0 Å². The van der Waals surface area contributed by atoms with Crippen LogP contribution in [0, 0.1) is 11.8 Å². The molecule has 0 heterocycles. The van der Waals surface area contributed by atoms with Crippen molar-refractivity contribution < 1.29 is 0 Å². The maximum Gasteiger partial charge on any atom is 0.0291 e. The zero-order valence-electron chi connectivity index (χ0n) is 14.6. The largest absolute Gasteiger partial charge is 0.310 e. The SMILES string of the molecule is CC1CCCC(CNC(C)c2ccc(C(C)(C)C)cc2)C1. The van der Waals surface area contributed by atoms with E-state index in [0.717, 1.165) is 11.8 Å². The van der Waals surface area contributed by atoms with Gasteiger partial charge in [-0.25, -0.2) is 0 Å². The van der Waals surface area contributed by atoms with Crippen LogP contribution in [0.15, 0.2) is 24.3 Å². The third kappa shape index (κ3) is 4.85. The van der Waals surface area contributed by atoms with E-state index in [1.807, 2.05) is 0 Å². The fourth-order valence-corrected chi connectivity index (χ4v) is 3.48. The molecule has 0 amide bonds. The number of nitrogens with one attached hydrogen (secondary N) is 1. The molecule has 1 aromatic carbocycles. The Morgan fingerprint density at radius 1 is 1.14 bits per heavy atom. The Labute approximate surface area is 131 Å². The fraction of sp³-hybridized carbons (Fsp3) is 0.700. The molecule has 3 unspecified atom stereocenters. The van der Waals surface area contributed by atoms with Crippen LogP contribution in [0.3, 0.4) is 0 Å². The topological polar surface area (TPSA) is 12.0 Å². The minimum absolute atomic E-state index is 0.243. The fourth-order valence-electron chi connectivity index (χ4n) is 3.48.